The van der Waals surface area contributed by atoms with Crippen molar-refractivity contribution in [2.75, 3.05) is 37.7 Å². The Kier molecular flexibility index (Phi) is 4.39. The Bertz CT molecular complexity index is 481. The predicted octanol–water partition coefficient (Wildman–Crippen LogP) is 1.06. The van der Waals surface area contributed by atoms with Crippen molar-refractivity contribution in [1.82, 2.24) is 9.88 Å². The van der Waals surface area contributed by atoms with E-state index in [2.05, 4.69) is 4.98 Å². The third-order valence-corrected chi connectivity index (χ3v) is 3.12. The molecule has 0 unspecified atom stereocenters. The average Bonchev–Trinajstić information content (AvgIpc) is 2.48. The van der Waals surface area contributed by atoms with Crippen LogP contribution in [0.3, 0.4) is 0 Å². The minimum absolute atomic E-state index is 0.166. The summed E-state index contributed by atoms with van der Waals surface area (Å²) in [4.78, 5) is 30.1. The van der Waals surface area contributed by atoms with Crippen molar-refractivity contribution in [3.63, 3.8) is 0 Å². The number of anilines is 1. The van der Waals surface area contributed by atoms with Crippen LogP contribution in [0, 0.1) is 0 Å². The van der Waals surface area contributed by atoms with Crippen molar-refractivity contribution < 1.29 is 19.4 Å². The van der Waals surface area contributed by atoms with E-state index in [0.717, 1.165) is 5.82 Å². The molecular formula is C13H17N3O4. The molecule has 1 saturated heterocycles. The van der Waals surface area contributed by atoms with Crippen molar-refractivity contribution in [1.29, 1.82) is 0 Å². The number of carboxylic acid groups (broad SMARTS) is 1. The monoisotopic (exact) mass is 279 g/mol. The van der Waals surface area contributed by atoms with Gasteiger partial charge in [-0.25, -0.2) is 14.6 Å². The van der Waals surface area contributed by atoms with Crippen LogP contribution in [-0.2, 0) is 4.74 Å². The van der Waals surface area contributed by atoms with Crippen LogP contribution >= 0.6 is 0 Å². The predicted molar refractivity (Wildman–Crippen MR) is 72.0 cm³/mol. The van der Waals surface area contributed by atoms with Gasteiger partial charge in [0.1, 0.15) is 5.82 Å². The summed E-state index contributed by atoms with van der Waals surface area (Å²) >= 11 is 0. The van der Waals surface area contributed by atoms with E-state index in [0.29, 0.717) is 32.8 Å². The van der Waals surface area contributed by atoms with Crippen molar-refractivity contribution in [3.05, 3.63) is 23.9 Å². The molecule has 2 heterocycles. The van der Waals surface area contributed by atoms with Gasteiger partial charge in [-0.05, 0) is 19.1 Å². The minimum atomic E-state index is -0.990. The zero-order chi connectivity index (χ0) is 14.5. The van der Waals surface area contributed by atoms with Crippen LogP contribution in [0.25, 0.3) is 0 Å². The first kappa shape index (κ1) is 14.1. The molecule has 1 amide bonds. The van der Waals surface area contributed by atoms with E-state index < -0.39 is 5.97 Å². The van der Waals surface area contributed by atoms with Gasteiger partial charge in [0.25, 0.3) is 0 Å². The Morgan fingerprint density at radius 2 is 2.00 bits per heavy atom. The Morgan fingerprint density at radius 3 is 2.50 bits per heavy atom. The number of aromatic carboxylic acids is 1. The second-order valence-electron chi connectivity index (χ2n) is 4.38. The Morgan fingerprint density at radius 1 is 1.30 bits per heavy atom. The highest BCUT2D eigenvalue weighted by atomic mass is 16.6. The fraction of sp³-hybridized carbons (Fsp3) is 0.462. The number of hydrogen-bond donors (Lipinski definition) is 1. The molecule has 1 aromatic heterocycles. The van der Waals surface area contributed by atoms with Gasteiger partial charge in [0.05, 0.1) is 12.2 Å². The average molecular weight is 279 g/mol. The third-order valence-electron chi connectivity index (χ3n) is 3.12. The maximum Gasteiger partial charge on any atom is 0.409 e. The van der Waals surface area contributed by atoms with Crippen LogP contribution in [-0.4, -0.2) is 59.8 Å². The number of hydrogen-bond acceptors (Lipinski definition) is 5. The molecule has 20 heavy (non-hydrogen) atoms. The molecule has 0 bridgehead atoms. The lowest BCUT2D eigenvalue weighted by molar-refractivity contribution is 0.0696. The molecule has 0 aliphatic carbocycles. The Balaban J connectivity index is 1.93. The zero-order valence-electron chi connectivity index (χ0n) is 11.3. The van der Waals surface area contributed by atoms with E-state index in [9.17, 15) is 9.59 Å². The molecule has 1 N–H and O–H groups in total. The molecule has 0 radical (unpaired) electrons. The first-order valence-electron chi connectivity index (χ1n) is 6.48. The van der Waals surface area contributed by atoms with Gasteiger partial charge in [-0.1, -0.05) is 0 Å². The number of rotatable bonds is 3. The summed E-state index contributed by atoms with van der Waals surface area (Å²) in [6.45, 7) is 4.60. The number of aromatic nitrogens is 1. The van der Waals surface area contributed by atoms with Crippen LogP contribution < -0.4 is 4.90 Å². The summed E-state index contributed by atoms with van der Waals surface area (Å²) in [7, 11) is 0. The Labute approximate surface area is 116 Å². The minimum Gasteiger partial charge on any atom is -0.478 e. The summed E-state index contributed by atoms with van der Waals surface area (Å²) in [6.07, 6.45) is 1.05. The van der Waals surface area contributed by atoms with Gasteiger partial charge in [-0.2, -0.15) is 0 Å². The second-order valence-corrected chi connectivity index (χ2v) is 4.38. The van der Waals surface area contributed by atoms with Gasteiger partial charge in [-0.3, -0.25) is 0 Å². The van der Waals surface area contributed by atoms with E-state index in [4.69, 9.17) is 9.84 Å². The summed E-state index contributed by atoms with van der Waals surface area (Å²) in [6, 6.07) is 3.21. The number of carbonyl (C=O) groups is 2. The zero-order valence-corrected chi connectivity index (χ0v) is 11.3. The van der Waals surface area contributed by atoms with Gasteiger partial charge < -0.3 is 19.6 Å². The maximum absolute atomic E-state index is 11.6. The molecule has 0 aromatic carbocycles. The number of nitrogens with zero attached hydrogens (tertiary/aromatic N) is 3. The fourth-order valence-corrected chi connectivity index (χ4v) is 2.03. The highest BCUT2D eigenvalue weighted by Gasteiger charge is 2.22. The summed E-state index contributed by atoms with van der Waals surface area (Å²) in [5, 5.41) is 8.82. The van der Waals surface area contributed by atoms with Crippen LogP contribution in [0.5, 0.6) is 0 Å². The van der Waals surface area contributed by atoms with Crippen LogP contribution in [0.2, 0.25) is 0 Å². The van der Waals surface area contributed by atoms with Crippen molar-refractivity contribution in [2.45, 2.75) is 6.92 Å². The van der Waals surface area contributed by atoms with E-state index in [1.807, 2.05) is 4.90 Å². The normalized spacial score (nSPS) is 15.1. The molecule has 7 heteroatoms. The number of amides is 1. The summed E-state index contributed by atoms with van der Waals surface area (Å²) < 4.78 is 4.95. The lowest BCUT2D eigenvalue weighted by Crippen LogP contribution is -2.49. The topological polar surface area (TPSA) is 83.0 Å². The molecule has 0 spiro atoms. The van der Waals surface area contributed by atoms with Crippen LogP contribution in [0.15, 0.2) is 18.3 Å². The van der Waals surface area contributed by atoms with Crippen LogP contribution in [0.1, 0.15) is 17.3 Å². The van der Waals surface area contributed by atoms with Crippen molar-refractivity contribution in [3.8, 4) is 0 Å². The van der Waals surface area contributed by atoms with E-state index in [1.54, 1.807) is 17.9 Å². The maximum atomic E-state index is 11.6. The molecule has 1 fully saturated rings. The molecular weight excluding hydrogens is 262 g/mol. The van der Waals surface area contributed by atoms with Crippen molar-refractivity contribution >= 4 is 17.9 Å². The number of carbonyl (C=O) groups excluding carboxylic acids is 1. The second kappa shape index (κ2) is 6.23. The van der Waals surface area contributed by atoms with Crippen LogP contribution in [0.4, 0.5) is 10.6 Å². The first-order chi connectivity index (χ1) is 9.61. The molecule has 0 saturated carbocycles. The van der Waals surface area contributed by atoms with Gasteiger partial charge >= 0.3 is 12.1 Å². The third kappa shape index (κ3) is 3.17. The number of ether oxygens (including phenoxy) is 1. The fourth-order valence-electron chi connectivity index (χ4n) is 2.03. The van der Waals surface area contributed by atoms with Crippen molar-refractivity contribution in [2.24, 2.45) is 0 Å². The molecule has 7 nitrogen and oxygen atoms in total. The van der Waals surface area contributed by atoms with Gasteiger partial charge in [-0.15, -0.1) is 0 Å². The lowest BCUT2D eigenvalue weighted by Gasteiger charge is -2.34. The lowest BCUT2D eigenvalue weighted by atomic mass is 10.2. The molecule has 1 aromatic rings. The largest absolute Gasteiger partial charge is 0.478 e. The SMILES string of the molecule is CCOC(=O)N1CCN(c2ccc(C(=O)O)cn2)CC1. The standard InChI is InChI=1S/C13H17N3O4/c1-2-20-13(19)16-7-5-15(6-8-16)11-4-3-10(9-14-11)12(17)18/h3-4,9H,2,5-8H2,1H3,(H,17,18). The summed E-state index contributed by atoms with van der Waals surface area (Å²) in [5.41, 5.74) is 0.166. The van der Waals surface area contributed by atoms with E-state index >= 15 is 0 Å². The molecule has 0 atom stereocenters. The number of piperazine rings is 1. The molecule has 108 valence electrons. The molecule has 1 aliphatic heterocycles. The van der Waals surface area contributed by atoms with E-state index in [-0.39, 0.29) is 11.7 Å². The van der Waals surface area contributed by atoms with Gasteiger partial charge in [0.15, 0.2) is 0 Å². The number of carboxylic acids is 1. The molecule has 1 aliphatic rings. The highest BCUT2D eigenvalue weighted by molar-refractivity contribution is 5.87. The first-order valence-corrected chi connectivity index (χ1v) is 6.48. The van der Waals surface area contributed by atoms with E-state index in [1.165, 1.54) is 12.3 Å². The van der Waals surface area contributed by atoms with Gasteiger partial charge in [0, 0.05) is 32.4 Å². The smallest absolute Gasteiger partial charge is 0.409 e. The van der Waals surface area contributed by atoms with Gasteiger partial charge in [0.2, 0.25) is 0 Å². The summed E-state index contributed by atoms with van der Waals surface area (Å²) in [5.74, 6) is -0.269. The number of pyridine rings is 1. The Hall–Kier alpha value is -2.31. The molecule has 2 rings (SSSR count). The highest BCUT2D eigenvalue weighted by Crippen LogP contribution is 2.14. The quantitative estimate of drug-likeness (QED) is 0.890.